The van der Waals surface area contributed by atoms with Crippen molar-refractivity contribution in [3.05, 3.63) is 81.6 Å². The van der Waals surface area contributed by atoms with Gasteiger partial charge in [0, 0.05) is 12.1 Å². The van der Waals surface area contributed by atoms with Gasteiger partial charge in [-0.15, -0.1) is 0 Å². The monoisotopic (exact) mass is 439 g/mol. The molecule has 1 amide bonds. The average Bonchev–Trinajstić information content (AvgIpc) is 2.77. The van der Waals surface area contributed by atoms with Crippen LogP contribution in [0, 0.1) is 0 Å². The minimum Gasteiger partial charge on any atom is -0.493 e. The Morgan fingerprint density at radius 3 is 2.45 bits per heavy atom. The van der Waals surface area contributed by atoms with E-state index < -0.39 is 16.8 Å². The van der Waals surface area contributed by atoms with E-state index in [-0.39, 0.29) is 28.9 Å². The molecule has 8 nitrogen and oxygen atoms in total. The third-order valence-corrected chi connectivity index (χ3v) is 5.41. The number of benzene rings is 2. The van der Waals surface area contributed by atoms with Crippen LogP contribution in [0.25, 0.3) is 0 Å². The van der Waals surface area contributed by atoms with Crippen molar-refractivity contribution in [2.45, 2.75) is 23.8 Å². The van der Waals surface area contributed by atoms with Crippen molar-refractivity contribution in [3.8, 4) is 5.88 Å². The highest BCUT2D eigenvalue weighted by molar-refractivity contribution is 8.00. The summed E-state index contributed by atoms with van der Waals surface area (Å²) in [5, 5.41) is 12.5. The van der Waals surface area contributed by atoms with E-state index in [2.05, 4.69) is 20.0 Å². The van der Waals surface area contributed by atoms with Crippen molar-refractivity contribution >= 4 is 29.3 Å². The van der Waals surface area contributed by atoms with E-state index in [1.165, 1.54) is 7.11 Å². The van der Waals surface area contributed by atoms with Gasteiger partial charge in [-0.05, 0) is 36.8 Å². The number of anilines is 1. The molecule has 0 saturated heterocycles. The van der Waals surface area contributed by atoms with Gasteiger partial charge < -0.3 is 20.1 Å². The molecular formula is C22H21N3O5S. The standard InChI is InChI=1S/C22H21N3O5S/c1-13(18(26)23-16-10-8-15(9-11-16)21(29)30-2)31-22-24-19(27)17(20(28)25-22)12-14-6-4-3-5-7-14/h3-11,13H,12H2,1-2H3,(H,23,26)(H2,24,25,27,28)/t13-/m0/s1. The number of methoxy groups -OCH3 is 1. The number of aromatic hydroxyl groups is 1. The van der Waals surface area contributed by atoms with Gasteiger partial charge in [-0.3, -0.25) is 9.59 Å². The van der Waals surface area contributed by atoms with Gasteiger partial charge in [0.05, 0.1) is 23.5 Å². The number of carbonyl (C=O) groups excluding carboxylic acids is 2. The zero-order valence-electron chi connectivity index (χ0n) is 16.9. The fourth-order valence-corrected chi connectivity index (χ4v) is 3.54. The molecule has 2 aromatic carbocycles. The lowest BCUT2D eigenvalue weighted by atomic mass is 10.1. The lowest BCUT2D eigenvalue weighted by Crippen LogP contribution is -2.23. The summed E-state index contributed by atoms with van der Waals surface area (Å²) < 4.78 is 4.64. The number of nitrogens with one attached hydrogen (secondary N) is 2. The van der Waals surface area contributed by atoms with Crippen molar-refractivity contribution in [2.75, 3.05) is 12.4 Å². The Labute approximate surface area is 182 Å². The van der Waals surface area contributed by atoms with Gasteiger partial charge in [0.2, 0.25) is 11.8 Å². The summed E-state index contributed by atoms with van der Waals surface area (Å²) in [7, 11) is 1.29. The number of thioether (sulfide) groups is 1. The van der Waals surface area contributed by atoms with Crippen molar-refractivity contribution < 1.29 is 19.4 Å². The summed E-state index contributed by atoms with van der Waals surface area (Å²) in [6, 6.07) is 15.5. The predicted molar refractivity (Wildman–Crippen MR) is 118 cm³/mol. The molecule has 0 aliphatic heterocycles. The topological polar surface area (TPSA) is 121 Å². The number of H-pyrrole nitrogens is 1. The first kappa shape index (κ1) is 22.1. The van der Waals surface area contributed by atoms with Crippen LogP contribution in [0.2, 0.25) is 0 Å². The number of hydrogen-bond acceptors (Lipinski definition) is 7. The Bertz CT molecular complexity index is 1130. The molecule has 1 heterocycles. The Hall–Kier alpha value is -3.59. The molecule has 160 valence electrons. The summed E-state index contributed by atoms with van der Waals surface area (Å²) in [6.45, 7) is 1.65. The molecule has 0 saturated carbocycles. The van der Waals surface area contributed by atoms with Crippen LogP contribution in [-0.2, 0) is 16.0 Å². The van der Waals surface area contributed by atoms with E-state index in [4.69, 9.17) is 0 Å². The van der Waals surface area contributed by atoms with Crippen LogP contribution in [0.4, 0.5) is 5.69 Å². The van der Waals surface area contributed by atoms with E-state index in [1.807, 2.05) is 30.3 Å². The fraction of sp³-hybridized carbons (Fsp3) is 0.182. The first-order valence-electron chi connectivity index (χ1n) is 9.39. The zero-order chi connectivity index (χ0) is 22.4. The first-order chi connectivity index (χ1) is 14.9. The fourth-order valence-electron chi connectivity index (χ4n) is 2.75. The third kappa shape index (κ3) is 5.73. The van der Waals surface area contributed by atoms with Crippen LogP contribution < -0.4 is 10.9 Å². The highest BCUT2D eigenvalue weighted by Crippen LogP contribution is 2.23. The van der Waals surface area contributed by atoms with E-state index in [0.717, 1.165) is 17.3 Å². The lowest BCUT2D eigenvalue weighted by molar-refractivity contribution is -0.115. The number of nitrogens with zero attached hydrogens (tertiary/aromatic N) is 1. The van der Waals surface area contributed by atoms with Crippen LogP contribution in [0.15, 0.2) is 64.5 Å². The molecule has 0 aliphatic rings. The van der Waals surface area contributed by atoms with E-state index in [0.29, 0.717) is 11.3 Å². The molecule has 0 spiro atoms. The third-order valence-electron chi connectivity index (χ3n) is 4.43. The minimum absolute atomic E-state index is 0.142. The number of esters is 1. The van der Waals surface area contributed by atoms with Gasteiger partial charge in [0.15, 0.2) is 5.16 Å². The Balaban J connectivity index is 1.65. The van der Waals surface area contributed by atoms with Crippen molar-refractivity contribution in [1.29, 1.82) is 0 Å². The summed E-state index contributed by atoms with van der Waals surface area (Å²) in [6.07, 6.45) is 0.248. The smallest absolute Gasteiger partial charge is 0.337 e. The van der Waals surface area contributed by atoms with Crippen LogP contribution in [0.5, 0.6) is 5.88 Å². The molecule has 0 bridgehead atoms. The van der Waals surface area contributed by atoms with Gasteiger partial charge in [-0.25, -0.2) is 4.79 Å². The molecule has 31 heavy (non-hydrogen) atoms. The number of aromatic nitrogens is 2. The quantitative estimate of drug-likeness (QED) is 0.294. The van der Waals surface area contributed by atoms with Crippen LogP contribution in [0.3, 0.4) is 0 Å². The van der Waals surface area contributed by atoms with Gasteiger partial charge in [0.1, 0.15) is 0 Å². The maximum atomic E-state index is 12.5. The molecule has 1 aromatic heterocycles. The number of carbonyl (C=O) groups is 2. The highest BCUT2D eigenvalue weighted by atomic mass is 32.2. The molecule has 0 aliphatic carbocycles. The van der Waals surface area contributed by atoms with E-state index in [1.54, 1.807) is 31.2 Å². The Kier molecular flexibility index (Phi) is 7.09. The van der Waals surface area contributed by atoms with Crippen molar-refractivity contribution in [1.82, 2.24) is 9.97 Å². The summed E-state index contributed by atoms with van der Waals surface area (Å²) in [5.41, 5.74) is 1.46. The van der Waals surface area contributed by atoms with Crippen molar-refractivity contribution in [2.24, 2.45) is 0 Å². The summed E-state index contributed by atoms with van der Waals surface area (Å²) in [5.74, 6) is -1.15. The molecule has 3 rings (SSSR count). The van der Waals surface area contributed by atoms with Crippen LogP contribution in [-0.4, -0.2) is 39.3 Å². The lowest BCUT2D eigenvalue weighted by Gasteiger charge is -2.12. The molecule has 0 radical (unpaired) electrons. The molecule has 3 N–H and O–H groups in total. The molecule has 3 aromatic rings. The zero-order valence-corrected chi connectivity index (χ0v) is 17.7. The van der Waals surface area contributed by atoms with Gasteiger partial charge >= 0.3 is 5.97 Å². The largest absolute Gasteiger partial charge is 0.493 e. The number of hydrogen-bond donors (Lipinski definition) is 3. The minimum atomic E-state index is -0.609. The average molecular weight is 439 g/mol. The summed E-state index contributed by atoms with van der Waals surface area (Å²) >= 11 is 1.01. The highest BCUT2D eigenvalue weighted by Gasteiger charge is 2.19. The molecule has 0 fully saturated rings. The van der Waals surface area contributed by atoms with Gasteiger partial charge in [-0.2, -0.15) is 4.98 Å². The van der Waals surface area contributed by atoms with E-state index >= 15 is 0 Å². The maximum Gasteiger partial charge on any atom is 0.337 e. The second kappa shape index (κ2) is 9.94. The van der Waals surface area contributed by atoms with Crippen LogP contribution in [0.1, 0.15) is 28.4 Å². The number of amides is 1. The first-order valence-corrected chi connectivity index (χ1v) is 10.3. The normalized spacial score (nSPS) is 11.5. The Morgan fingerprint density at radius 2 is 1.84 bits per heavy atom. The van der Waals surface area contributed by atoms with E-state index in [9.17, 15) is 19.5 Å². The summed E-state index contributed by atoms with van der Waals surface area (Å²) in [4.78, 5) is 43.0. The van der Waals surface area contributed by atoms with Crippen LogP contribution >= 0.6 is 11.8 Å². The second-order valence-electron chi connectivity index (χ2n) is 6.65. The van der Waals surface area contributed by atoms with Gasteiger partial charge in [0.25, 0.3) is 5.56 Å². The number of ether oxygens (including phenoxy) is 1. The maximum absolute atomic E-state index is 12.5. The number of rotatable bonds is 7. The Morgan fingerprint density at radius 1 is 1.16 bits per heavy atom. The second-order valence-corrected chi connectivity index (χ2v) is 7.98. The van der Waals surface area contributed by atoms with Crippen molar-refractivity contribution in [3.63, 3.8) is 0 Å². The molecular weight excluding hydrogens is 418 g/mol. The predicted octanol–water partition coefficient (Wildman–Crippen LogP) is 2.97. The SMILES string of the molecule is COC(=O)c1ccc(NC(=O)[C@H](C)Sc2nc(O)c(Cc3ccccc3)c(=O)[nH]2)cc1. The number of aromatic amines is 1. The molecule has 9 heteroatoms. The van der Waals surface area contributed by atoms with Gasteiger partial charge in [-0.1, -0.05) is 42.1 Å². The molecule has 1 atom stereocenters. The molecule has 0 unspecified atom stereocenters.